The first-order valence-electron chi connectivity index (χ1n) is 18.0. The summed E-state index contributed by atoms with van der Waals surface area (Å²) in [5.74, 6) is -0.251. The number of ketones is 1. The number of benzene rings is 1. The molecule has 2 aliphatic rings. The van der Waals surface area contributed by atoms with Crippen molar-refractivity contribution in [2.45, 2.75) is 96.4 Å². The number of likely N-dealkylation sites (tertiary alicyclic amines) is 1. The Morgan fingerprint density at radius 2 is 1.73 bits per heavy atom. The van der Waals surface area contributed by atoms with Gasteiger partial charge < -0.3 is 34.9 Å². The number of rotatable bonds is 17. The first-order chi connectivity index (χ1) is 24.4. The zero-order valence-corrected chi connectivity index (χ0v) is 31.5. The molecule has 1 aromatic carbocycles. The van der Waals surface area contributed by atoms with Gasteiger partial charge in [-0.05, 0) is 71.4 Å². The highest BCUT2D eigenvalue weighted by Gasteiger charge is 2.41. The van der Waals surface area contributed by atoms with Crippen molar-refractivity contribution >= 4 is 35.0 Å². The highest BCUT2D eigenvalue weighted by Crippen LogP contribution is 2.36. The summed E-state index contributed by atoms with van der Waals surface area (Å²) in [4.78, 5) is 61.9. The zero-order valence-electron chi connectivity index (χ0n) is 30.7. The highest BCUT2D eigenvalue weighted by atomic mass is 32.1. The topological polar surface area (TPSA) is 163 Å². The van der Waals surface area contributed by atoms with Gasteiger partial charge in [0.1, 0.15) is 40.7 Å². The summed E-state index contributed by atoms with van der Waals surface area (Å²) in [7, 11) is 1.52. The molecule has 0 radical (unpaired) electrons. The van der Waals surface area contributed by atoms with Gasteiger partial charge in [0.05, 0.1) is 32.5 Å². The van der Waals surface area contributed by atoms with Crippen molar-refractivity contribution < 1.29 is 38.1 Å². The van der Waals surface area contributed by atoms with Gasteiger partial charge in [0.15, 0.2) is 0 Å². The van der Waals surface area contributed by atoms with Crippen LogP contribution in [0.15, 0.2) is 29.6 Å². The standard InChI is InChI=1S/C37H55N5O8S/c1-25(41(5)36(46)50-37(2,3)4)33(44)40-31(26-11-7-6-8-12-26)35(45)42-17-10-15-30(42)34-39-29(24-51-34)32(43)27-13-9-14-28(23-27)49-22-21-48-20-19-47-18-16-38/h9,13-14,23-26,30-31H,6-8,10-12,15-22,38H2,1-5H3,(H,40,44)/t25-,30-,31-/m0/s1. The molecular formula is C37H55N5O8S. The van der Waals surface area contributed by atoms with E-state index < -0.39 is 29.7 Å². The van der Waals surface area contributed by atoms with E-state index in [4.69, 9.17) is 29.7 Å². The van der Waals surface area contributed by atoms with Gasteiger partial charge in [-0.2, -0.15) is 0 Å². The van der Waals surface area contributed by atoms with E-state index in [1.807, 2.05) is 4.90 Å². The summed E-state index contributed by atoms with van der Waals surface area (Å²) >= 11 is 1.36. The lowest BCUT2D eigenvalue weighted by molar-refractivity contribution is -0.140. The number of nitrogens with one attached hydrogen (secondary N) is 1. The number of ether oxygens (including phenoxy) is 4. The molecule has 3 amide bonds. The Morgan fingerprint density at radius 1 is 1.02 bits per heavy atom. The smallest absolute Gasteiger partial charge is 0.410 e. The second kappa shape index (κ2) is 19.3. The van der Waals surface area contributed by atoms with Crippen LogP contribution in [0.1, 0.15) is 99.7 Å². The Kier molecular flexibility index (Phi) is 15.2. The van der Waals surface area contributed by atoms with Crippen molar-refractivity contribution in [2.75, 3.05) is 53.2 Å². The van der Waals surface area contributed by atoms with Crippen molar-refractivity contribution in [1.29, 1.82) is 0 Å². The monoisotopic (exact) mass is 729 g/mol. The maximum atomic E-state index is 14.3. The van der Waals surface area contributed by atoms with Crippen LogP contribution in [0.25, 0.3) is 0 Å². The van der Waals surface area contributed by atoms with Gasteiger partial charge in [-0.1, -0.05) is 31.4 Å². The lowest BCUT2D eigenvalue weighted by Crippen LogP contribution is -2.56. The molecule has 2 fully saturated rings. The van der Waals surface area contributed by atoms with Crippen molar-refractivity contribution in [3.63, 3.8) is 0 Å². The predicted octanol–water partition coefficient (Wildman–Crippen LogP) is 4.73. The van der Waals surface area contributed by atoms with Gasteiger partial charge in [0.2, 0.25) is 17.6 Å². The van der Waals surface area contributed by atoms with Gasteiger partial charge in [0, 0.05) is 31.1 Å². The molecule has 14 heteroatoms. The number of aromatic nitrogens is 1. The summed E-state index contributed by atoms with van der Waals surface area (Å²) in [5, 5.41) is 5.46. The fraction of sp³-hybridized carbons (Fsp3) is 0.649. The van der Waals surface area contributed by atoms with Gasteiger partial charge in [0.25, 0.3) is 0 Å². The molecule has 13 nitrogen and oxygen atoms in total. The third-order valence-corrected chi connectivity index (χ3v) is 10.1. The van der Waals surface area contributed by atoms with Gasteiger partial charge in [-0.15, -0.1) is 11.3 Å². The van der Waals surface area contributed by atoms with Gasteiger partial charge in [-0.3, -0.25) is 19.3 Å². The summed E-state index contributed by atoms with van der Waals surface area (Å²) in [6, 6.07) is 5.09. The van der Waals surface area contributed by atoms with Gasteiger partial charge >= 0.3 is 6.09 Å². The van der Waals surface area contributed by atoms with Crippen LogP contribution >= 0.6 is 11.3 Å². The van der Waals surface area contributed by atoms with E-state index in [0.29, 0.717) is 74.6 Å². The van der Waals surface area contributed by atoms with Crippen LogP contribution in [0.2, 0.25) is 0 Å². The van der Waals surface area contributed by atoms with Crippen molar-refractivity contribution in [1.82, 2.24) is 20.1 Å². The number of hydrogen-bond donors (Lipinski definition) is 2. The van der Waals surface area contributed by atoms with Crippen LogP contribution in [-0.4, -0.2) is 109 Å². The Bertz CT molecular complexity index is 1460. The van der Waals surface area contributed by atoms with Crippen LogP contribution in [0.3, 0.4) is 0 Å². The largest absolute Gasteiger partial charge is 0.491 e. The molecule has 1 saturated carbocycles. The number of likely N-dealkylation sites (N-methyl/N-ethyl adjacent to an activating group) is 1. The van der Waals surface area contributed by atoms with Crippen LogP contribution in [0.5, 0.6) is 5.75 Å². The Morgan fingerprint density at radius 3 is 2.43 bits per heavy atom. The molecule has 0 unspecified atom stereocenters. The second-order valence-corrected chi connectivity index (χ2v) is 15.0. The average Bonchev–Trinajstić information content (AvgIpc) is 3.81. The minimum atomic E-state index is -0.843. The van der Waals surface area contributed by atoms with E-state index in [1.54, 1.807) is 57.3 Å². The van der Waals surface area contributed by atoms with E-state index in [1.165, 1.54) is 23.3 Å². The normalized spacial score (nSPS) is 17.8. The minimum Gasteiger partial charge on any atom is -0.491 e. The number of carbonyl (C=O) groups excluding carboxylic acids is 4. The van der Waals surface area contributed by atoms with Crippen LogP contribution in [0, 0.1) is 5.92 Å². The molecule has 1 aliphatic heterocycles. The Balaban J connectivity index is 1.41. The average molecular weight is 730 g/mol. The Hall–Kier alpha value is -3.59. The van der Waals surface area contributed by atoms with Crippen molar-refractivity contribution in [2.24, 2.45) is 11.7 Å². The maximum absolute atomic E-state index is 14.3. The van der Waals surface area contributed by atoms with E-state index in [0.717, 1.165) is 38.5 Å². The molecule has 282 valence electrons. The predicted molar refractivity (Wildman–Crippen MR) is 194 cm³/mol. The molecule has 4 rings (SSSR count). The third-order valence-electron chi connectivity index (χ3n) is 9.13. The summed E-state index contributed by atoms with van der Waals surface area (Å²) in [6.45, 7) is 10.1. The number of nitrogens with zero attached hydrogens (tertiary/aromatic N) is 3. The van der Waals surface area contributed by atoms with Crippen LogP contribution in [0.4, 0.5) is 4.79 Å². The molecule has 2 heterocycles. The van der Waals surface area contributed by atoms with E-state index >= 15 is 0 Å². The lowest BCUT2D eigenvalue weighted by atomic mass is 9.83. The van der Waals surface area contributed by atoms with E-state index in [9.17, 15) is 19.2 Å². The zero-order chi connectivity index (χ0) is 37.0. The van der Waals surface area contributed by atoms with E-state index in [2.05, 4.69) is 5.32 Å². The molecule has 0 spiro atoms. The molecule has 1 saturated heterocycles. The minimum absolute atomic E-state index is 0.0136. The molecule has 1 aliphatic carbocycles. The molecule has 3 N–H and O–H groups in total. The summed E-state index contributed by atoms with van der Waals surface area (Å²) < 4.78 is 22.0. The number of amides is 3. The van der Waals surface area contributed by atoms with Gasteiger partial charge in [-0.25, -0.2) is 9.78 Å². The molecule has 3 atom stereocenters. The summed E-state index contributed by atoms with van der Waals surface area (Å²) in [6.07, 6.45) is 5.63. The highest BCUT2D eigenvalue weighted by molar-refractivity contribution is 7.10. The summed E-state index contributed by atoms with van der Waals surface area (Å²) in [5.41, 5.74) is 5.45. The fourth-order valence-corrected chi connectivity index (χ4v) is 7.25. The number of nitrogens with two attached hydrogens (primary N) is 1. The fourth-order valence-electron chi connectivity index (χ4n) is 6.30. The van der Waals surface area contributed by atoms with Crippen molar-refractivity contribution in [3.05, 3.63) is 45.9 Å². The lowest BCUT2D eigenvalue weighted by Gasteiger charge is -2.36. The number of carbonyl (C=O) groups is 4. The quantitative estimate of drug-likeness (QED) is 0.172. The SMILES string of the molecule is C[C@@H](C(=O)N[C@H](C(=O)N1CCC[C@H]1c1nc(C(=O)c2cccc(OCCOCCOCCN)c2)cs1)C1CCCCC1)N(C)C(=O)OC(C)(C)C. The van der Waals surface area contributed by atoms with Crippen molar-refractivity contribution in [3.8, 4) is 5.75 Å². The molecule has 51 heavy (non-hydrogen) atoms. The number of thiazole rings is 1. The Labute approximate surface area is 305 Å². The molecular weight excluding hydrogens is 675 g/mol. The number of hydrogen-bond acceptors (Lipinski definition) is 11. The van der Waals surface area contributed by atoms with Crippen LogP contribution in [-0.2, 0) is 23.8 Å². The molecule has 2 aromatic rings. The van der Waals surface area contributed by atoms with E-state index in [-0.39, 0.29) is 23.7 Å². The first kappa shape index (κ1) is 40.2. The second-order valence-electron chi connectivity index (χ2n) is 14.1. The maximum Gasteiger partial charge on any atom is 0.410 e. The third kappa shape index (κ3) is 11.7. The van der Waals surface area contributed by atoms with Crippen LogP contribution < -0.4 is 15.8 Å². The molecule has 0 bridgehead atoms. The first-order valence-corrected chi connectivity index (χ1v) is 18.9. The molecule has 1 aromatic heterocycles.